The van der Waals surface area contributed by atoms with Crippen LogP contribution in [0.4, 0.5) is 0 Å². The number of rotatable bonds is 3. The lowest BCUT2D eigenvalue weighted by molar-refractivity contribution is -0.621. The first-order valence-corrected chi connectivity index (χ1v) is 9.02. The van der Waals surface area contributed by atoms with E-state index in [1.807, 2.05) is 0 Å². The van der Waals surface area contributed by atoms with E-state index in [9.17, 15) is 19.9 Å². The van der Waals surface area contributed by atoms with Gasteiger partial charge in [-0.15, -0.1) is 0 Å². The maximum absolute atomic E-state index is 12.9. The van der Waals surface area contributed by atoms with Crippen LogP contribution < -0.4 is 4.73 Å². The number of phenols is 1. The molecule has 0 radical (unpaired) electrons. The van der Waals surface area contributed by atoms with Gasteiger partial charge in [-0.05, 0) is 17.7 Å². The Bertz CT molecular complexity index is 936. The third-order valence-corrected chi connectivity index (χ3v) is 5.33. The summed E-state index contributed by atoms with van der Waals surface area (Å²) in [5.41, 5.74) is 1.51. The molecule has 1 aromatic heterocycles. The van der Waals surface area contributed by atoms with Crippen LogP contribution in [0.1, 0.15) is 42.5 Å². The van der Waals surface area contributed by atoms with Gasteiger partial charge in [0.05, 0.1) is 12.1 Å². The smallest absolute Gasteiger partial charge is 0.324 e. The molecule has 0 amide bonds. The fraction of sp³-hybridized carbons (Fsp3) is 0.421. The van der Waals surface area contributed by atoms with Crippen molar-refractivity contribution in [1.29, 1.82) is 0 Å². The summed E-state index contributed by atoms with van der Waals surface area (Å²) in [6.07, 6.45) is 0. The van der Waals surface area contributed by atoms with Crippen molar-refractivity contribution in [3.8, 4) is 5.75 Å². The first-order chi connectivity index (χ1) is 12.9. The van der Waals surface area contributed by atoms with Crippen molar-refractivity contribution in [1.82, 2.24) is 4.57 Å². The Hall–Kier alpha value is -2.74. The third kappa shape index (κ3) is 3.17. The summed E-state index contributed by atoms with van der Waals surface area (Å²) < 4.78 is 12.8. The van der Waals surface area contributed by atoms with E-state index in [0.29, 0.717) is 21.7 Å². The number of halogens is 1. The summed E-state index contributed by atoms with van der Waals surface area (Å²) in [7, 11) is 1.67. The van der Waals surface area contributed by atoms with Gasteiger partial charge in [0.2, 0.25) is 0 Å². The van der Waals surface area contributed by atoms with Crippen LogP contribution >= 0.6 is 11.6 Å². The van der Waals surface area contributed by atoms with Crippen LogP contribution in [0.25, 0.3) is 0 Å². The molecule has 1 aromatic carbocycles. The molecule has 9 heteroatoms. The number of phenolic OH excluding ortho intramolecular Hbond substituents is 1. The predicted molar refractivity (Wildman–Crippen MR) is 98.6 cm³/mol. The maximum atomic E-state index is 12.9. The summed E-state index contributed by atoms with van der Waals surface area (Å²) in [6.45, 7) is 6.31. The van der Waals surface area contributed by atoms with E-state index in [0.717, 1.165) is 0 Å². The summed E-state index contributed by atoms with van der Waals surface area (Å²) in [5.74, 6) is -5.41. The molecule has 8 nitrogen and oxygen atoms in total. The standard InChI is InChI=1S/C19H21ClN2O6/c1-9-10(2)22(26)16(21(9)5)14(11-6-7-13(23)12(20)8-11)15-17(24)27-19(3,4)28-18(15)25/h6-8,14-15,23H,1-5H3. The zero-order valence-corrected chi connectivity index (χ0v) is 16.9. The molecular formula is C19H21ClN2O6. The number of cyclic esters (lactones) is 2. The first-order valence-electron chi connectivity index (χ1n) is 8.64. The second kappa shape index (κ2) is 6.70. The lowest BCUT2D eigenvalue weighted by Gasteiger charge is -2.35. The summed E-state index contributed by atoms with van der Waals surface area (Å²) in [5, 5.41) is 22.6. The Morgan fingerprint density at radius 1 is 1.25 bits per heavy atom. The van der Waals surface area contributed by atoms with Gasteiger partial charge in [-0.3, -0.25) is 9.59 Å². The molecule has 2 heterocycles. The molecule has 3 rings (SSSR count). The van der Waals surface area contributed by atoms with Gasteiger partial charge in [-0.1, -0.05) is 17.7 Å². The number of aromatic nitrogens is 2. The summed E-state index contributed by atoms with van der Waals surface area (Å²) >= 11 is 6.04. The van der Waals surface area contributed by atoms with Crippen molar-refractivity contribution >= 4 is 23.5 Å². The molecule has 2 aromatic rings. The van der Waals surface area contributed by atoms with E-state index in [1.54, 1.807) is 25.5 Å². The highest BCUT2D eigenvalue weighted by Gasteiger charge is 2.51. The van der Waals surface area contributed by atoms with Crippen LogP contribution in [0.15, 0.2) is 18.2 Å². The number of benzene rings is 1. The van der Waals surface area contributed by atoms with E-state index in [-0.39, 0.29) is 16.6 Å². The Morgan fingerprint density at radius 3 is 2.29 bits per heavy atom. The predicted octanol–water partition coefficient (Wildman–Crippen LogP) is 2.22. The van der Waals surface area contributed by atoms with E-state index in [1.165, 1.54) is 32.0 Å². The molecule has 1 saturated heterocycles. The lowest BCUT2D eigenvalue weighted by Crippen LogP contribution is -2.50. The fourth-order valence-electron chi connectivity index (χ4n) is 3.41. The van der Waals surface area contributed by atoms with Crippen LogP contribution in [0.5, 0.6) is 5.75 Å². The van der Waals surface area contributed by atoms with Crippen molar-refractivity contribution in [3.05, 3.63) is 51.2 Å². The second-order valence-electron chi connectivity index (χ2n) is 7.29. The number of aromatic hydroxyl groups is 1. The highest BCUT2D eigenvalue weighted by atomic mass is 35.5. The van der Waals surface area contributed by atoms with Gasteiger partial charge in [0.25, 0.3) is 11.6 Å². The summed E-state index contributed by atoms with van der Waals surface area (Å²) in [4.78, 5) is 25.5. The van der Waals surface area contributed by atoms with Gasteiger partial charge in [0, 0.05) is 27.7 Å². The normalized spacial score (nSPS) is 17.9. The number of hydrogen-bond acceptors (Lipinski definition) is 6. The van der Waals surface area contributed by atoms with Crippen LogP contribution in [0, 0.1) is 25.0 Å². The first kappa shape index (κ1) is 20.0. The number of hydrogen-bond donors (Lipinski definition) is 1. The number of carbonyl (C=O) groups is 2. The Balaban J connectivity index is 2.24. The number of ether oxygens (including phenoxy) is 2. The molecule has 1 atom stereocenters. The van der Waals surface area contributed by atoms with Crippen LogP contribution in [-0.4, -0.2) is 27.4 Å². The maximum Gasteiger partial charge on any atom is 0.324 e. The number of esters is 2. The molecule has 150 valence electrons. The van der Waals surface area contributed by atoms with Crippen LogP contribution in [-0.2, 0) is 26.1 Å². The largest absolute Gasteiger partial charge is 0.711 e. The minimum atomic E-state index is -1.40. The molecule has 1 aliphatic rings. The number of imidazole rings is 1. The highest BCUT2D eigenvalue weighted by Crippen LogP contribution is 2.39. The molecule has 1 fully saturated rings. The van der Waals surface area contributed by atoms with Crippen molar-refractivity contribution < 1.29 is 28.9 Å². The van der Waals surface area contributed by atoms with Crippen molar-refractivity contribution in [2.75, 3.05) is 0 Å². The minimum absolute atomic E-state index is 0.0282. The summed E-state index contributed by atoms with van der Waals surface area (Å²) in [6, 6.07) is 4.26. The molecule has 0 bridgehead atoms. The molecule has 0 spiro atoms. The van der Waals surface area contributed by atoms with Gasteiger partial charge in [-0.25, -0.2) is 9.30 Å². The van der Waals surface area contributed by atoms with E-state index >= 15 is 0 Å². The van der Waals surface area contributed by atoms with E-state index in [4.69, 9.17) is 21.1 Å². The monoisotopic (exact) mass is 408 g/mol. The van der Waals surface area contributed by atoms with Crippen molar-refractivity contribution in [2.24, 2.45) is 13.0 Å². The Kier molecular flexibility index (Phi) is 4.79. The van der Waals surface area contributed by atoms with Gasteiger partial charge >= 0.3 is 11.9 Å². The Labute approximate surface area is 166 Å². The van der Waals surface area contributed by atoms with Gasteiger partial charge in [0.1, 0.15) is 23.1 Å². The average Bonchev–Trinajstić information content (AvgIpc) is 2.77. The third-order valence-electron chi connectivity index (χ3n) is 5.03. The van der Waals surface area contributed by atoms with Crippen LogP contribution in [0.2, 0.25) is 5.02 Å². The van der Waals surface area contributed by atoms with Crippen molar-refractivity contribution in [2.45, 2.75) is 39.4 Å². The molecule has 1 aliphatic heterocycles. The average molecular weight is 409 g/mol. The van der Waals surface area contributed by atoms with Gasteiger partial charge < -0.3 is 19.8 Å². The molecule has 1 unspecified atom stereocenters. The van der Waals surface area contributed by atoms with Crippen LogP contribution in [0.3, 0.4) is 0 Å². The molecule has 1 N–H and O–H groups in total. The molecule has 28 heavy (non-hydrogen) atoms. The minimum Gasteiger partial charge on any atom is -0.711 e. The molecular weight excluding hydrogens is 388 g/mol. The zero-order valence-electron chi connectivity index (χ0n) is 16.1. The van der Waals surface area contributed by atoms with Crippen molar-refractivity contribution in [3.63, 3.8) is 0 Å². The highest BCUT2D eigenvalue weighted by molar-refractivity contribution is 6.32. The zero-order chi connectivity index (χ0) is 21.0. The number of carbonyl (C=O) groups excluding carboxylic acids is 2. The fourth-order valence-corrected chi connectivity index (χ4v) is 3.60. The molecule has 0 aliphatic carbocycles. The quantitative estimate of drug-likeness (QED) is 0.361. The molecule has 0 saturated carbocycles. The van der Waals surface area contributed by atoms with Gasteiger partial charge in [0.15, 0.2) is 5.92 Å². The van der Waals surface area contributed by atoms with Gasteiger partial charge in [-0.2, -0.15) is 0 Å². The SMILES string of the molecule is Cc1c(C)[n+]([O-])c(C(c2ccc(O)c(Cl)c2)C2C(=O)OC(C)(C)OC2=O)n1C. The number of nitrogens with zero attached hydrogens (tertiary/aromatic N) is 2. The topological polar surface area (TPSA) is 105 Å². The second-order valence-corrected chi connectivity index (χ2v) is 7.70. The van der Waals surface area contributed by atoms with E-state index < -0.39 is 29.6 Å². The Morgan fingerprint density at radius 2 is 1.82 bits per heavy atom. The van der Waals surface area contributed by atoms with E-state index in [2.05, 4.69) is 0 Å². The lowest BCUT2D eigenvalue weighted by atomic mass is 9.84.